The molecule has 10 heavy (non-hydrogen) atoms. The highest BCUT2D eigenvalue weighted by Crippen LogP contribution is 2.09. The zero-order valence-corrected chi connectivity index (χ0v) is 6.73. The Morgan fingerprint density at radius 3 is 2.60 bits per heavy atom. The van der Waals surface area contributed by atoms with E-state index in [4.69, 9.17) is 0 Å². The van der Waals surface area contributed by atoms with Crippen LogP contribution in [0.25, 0.3) is 0 Å². The maximum atomic E-state index is 4.09. The van der Waals surface area contributed by atoms with Crippen LogP contribution in [-0.2, 0) is 6.42 Å². The van der Waals surface area contributed by atoms with E-state index in [-0.39, 0.29) is 0 Å². The SMILES string of the molecule is CCc1c(C)c[c]nc1C. The van der Waals surface area contributed by atoms with Crippen LogP contribution >= 0.6 is 0 Å². The normalized spacial score (nSPS) is 9.90. The maximum Gasteiger partial charge on any atom is 0.0892 e. The molecule has 1 radical (unpaired) electrons. The molecule has 0 unspecified atom stereocenters. The average molecular weight is 134 g/mol. The van der Waals surface area contributed by atoms with Gasteiger partial charge in [-0.3, -0.25) is 4.98 Å². The van der Waals surface area contributed by atoms with Crippen molar-refractivity contribution in [3.8, 4) is 0 Å². The van der Waals surface area contributed by atoms with Crippen molar-refractivity contribution in [2.75, 3.05) is 0 Å². The quantitative estimate of drug-likeness (QED) is 0.573. The van der Waals surface area contributed by atoms with Gasteiger partial charge < -0.3 is 0 Å². The number of nitrogens with zero attached hydrogens (tertiary/aromatic N) is 1. The van der Waals surface area contributed by atoms with Gasteiger partial charge in [0, 0.05) is 5.69 Å². The van der Waals surface area contributed by atoms with Gasteiger partial charge in [0.15, 0.2) is 0 Å². The zero-order chi connectivity index (χ0) is 7.56. The van der Waals surface area contributed by atoms with E-state index in [9.17, 15) is 0 Å². The molecule has 0 bridgehead atoms. The van der Waals surface area contributed by atoms with Gasteiger partial charge in [-0.25, -0.2) is 0 Å². The van der Waals surface area contributed by atoms with Gasteiger partial charge in [-0.15, -0.1) is 0 Å². The fourth-order valence-electron chi connectivity index (χ4n) is 1.20. The molecule has 1 aromatic rings. The van der Waals surface area contributed by atoms with Gasteiger partial charge in [-0.05, 0) is 37.5 Å². The summed E-state index contributed by atoms with van der Waals surface area (Å²) in [5.74, 6) is 0. The average Bonchev–Trinajstić information content (AvgIpc) is 1.88. The molecule has 0 aliphatic heterocycles. The molecule has 0 saturated carbocycles. The predicted octanol–water partition coefficient (Wildman–Crippen LogP) is 2.06. The summed E-state index contributed by atoms with van der Waals surface area (Å²) in [7, 11) is 0. The second kappa shape index (κ2) is 2.82. The van der Waals surface area contributed by atoms with E-state index in [2.05, 4.69) is 25.0 Å². The van der Waals surface area contributed by atoms with E-state index in [0.29, 0.717) is 0 Å². The third-order valence-electron chi connectivity index (χ3n) is 1.78. The van der Waals surface area contributed by atoms with Crippen molar-refractivity contribution in [1.29, 1.82) is 0 Å². The van der Waals surface area contributed by atoms with Crippen molar-refractivity contribution >= 4 is 0 Å². The van der Waals surface area contributed by atoms with Crippen molar-refractivity contribution in [3.05, 3.63) is 29.1 Å². The van der Waals surface area contributed by atoms with Crippen molar-refractivity contribution in [1.82, 2.24) is 4.98 Å². The van der Waals surface area contributed by atoms with Gasteiger partial charge >= 0.3 is 0 Å². The summed E-state index contributed by atoms with van der Waals surface area (Å²) in [5.41, 5.74) is 3.77. The molecule has 0 aliphatic rings. The molecule has 53 valence electrons. The molecule has 0 atom stereocenters. The Morgan fingerprint density at radius 2 is 2.20 bits per heavy atom. The minimum atomic E-state index is 1.07. The van der Waals surface area contributed by atoms with Gasteiger partial charge in [-0.2, -0.15) is 0 Å². The Balaban J connectivity index is 3.17. The molecule has 0 aliphatic carbocycles. The summed E-state index contributed by atoms with van der Waals surface area (Å²) in [6.45, 7) is 6.28. The summed E-state index contributed by atoms with van der Waals surface area (Å²) in [6.07, 6.45) is 3.92. The molecule has 1 heteroatoms. The van der Waals surface area contributed by atoms with Crippen LogP contribution in [0.2, 0.25) is 0 Å². The molecule has 1 nitrogen and oxygen atoms in total. The van der Waals surface area contributed by atoms with E-state index in [0.717, 1.165) is 12.1 Å². The molecule has 0 amide bonds. The molecular formula is C9H12N. The van der Waals surface area contributed by atoms with E-state index < -0.39 is 0 Å². The minimum absolute atomic E-state index is 1.07. The first-order valence-corrected chi connectivity index (χ1v) is 3.59. The Morgan fingerprint density at radius 1 is 1.50 bits per heavy atom. The van der Waals surface area contributed by atoms with Gasteiger partial charge in [0.1, 0.15) is 0 Å². The van der Waals surface area contributed by atoms with Gasteiger partial charge in [0.2, 0.25) is 0 Å². The van der Waals surface area contributed by atoms with Crippen LogP contribution in [0.3, 0.4) is 0 Å². The highest BCUT2D eigenvalue weighted by molar-refractivity contribution is 5.27. The zero-order valence-electron chi connectivity index (χ0n) is 6.73. The number of hydrogen-bond acceptors (Lipinski definition) is 1. The van der Waals surface area contributed by atoms with Crippen molar-refractivity contribution in [2.45, 2.75) is 27.2 Å². The molecule has 0 spiro atoms. The molecule has 0 N–H and O–H groups in total. The Hall–Kier alpha value is -0.850. The summed E-state index contributed by atoms with van der Waals surface area (Å²) < 4.78 is 0. The smallest absolute Gasteiger partial charge is 0.0892 e. The van der Waals surface area contributed by atoms with Crippen LogP contribution in [-0.4, -0.2) is 4.98 Å². The Labute approximate surface area is 62.1 Å². The number of aryl methyl sites for hydroxylation is 2. The molecule has 1 heterocycles. The molecule has 1 aromatic heterocycles. The number of rotatable bonds is 1. The number of pyridine rings is 1. The van der Waals surface area contributed by atoms with Crippen molar-refractivity contribution < 1.29 is 0 Å². The molecule has 0 fully saturated rings. The molecule has 1 rings (SSSR count). The van der Waals surface area contributed by atoms with E-state index in [1.165, 1.54) is 11.1 Å². The summed E-state index contributed by atoms with van der Waals surface area (Å²) in [6, 6.07) is 1.94. The molecule has 0 aromatic carbocycles. The predicted molar refractivity (Wildman–Crippen MR) is 41.9 cm³/mol. The topological polar surface area (TPSA) is 12.9 Å². The van der Waals surface area contributed by atoms with E-state index in [1.807, 2.05) is 13.0 Å². The van der Waals surface area contributed by atoms with Crippen LogP contribution in [0.15, 0.2) is 6.07 Å². The van der Waals surface area contributed by atoms with Gasteiger partial charge in [0.05, 0.1) is 6.20 Å². The molecule has 0 saturated heterocycles. The summed E-state index contributed by atoms with van der Waals surface area (Å²) in [4.78, 5) is 4.09. The first-order valence-electron chi connectivity index (χ1n) is 3.59. The monoisotopic (exact) mass is 134 g/mol. The van der Waals surface area contributed by atoms with Crippen LogP contribution < -0.4 is 0 Å². The summed E-state index contributed by atoms with van der Waals surface area (Å²) >= 11 is 0. The van der Waals surface area contributed by atoms with Gasteiger partial charge in [-0.1, -0.05) is 6.92 Å². The lowest BCUT2D eigenvalue weighted by atomic mass is 10.1. The standard InChI is InChI=1S/C9H12N/c1-4-9-7(2)5-6-10-8(9)3/h5H,4H2,1-3H3. The second-order valence-electron chi connectivity index (χ2n) is 2.49. The lowest BCUT2D eigenvalue weighted by Gasteiger charge is -2.03. The second-order valence-corrected chi connectivity index (χ2v) is 2.49. The third kappa shape index (κ3) is 1.18. The van der Waals surface area contributed by atoms with Crippen LogP contribution in [0, 0.1) is 20.0 Å². The first-order chi connectivity index (χ1) is 4.75. The van der Waals surface area contributed by atoms with Crippen LogP contribution in [0.5, 0.6) is 0 Å². The van der Waals surface area contributed by atoms with E-state index in [1.54, 1.807) is 0 Å². The fourth-order valence-corrected chi connectivity index (χ4v) is 1.20. The third-order valence-corrected chi connectivity index (χ3v) is 1.78. The molecular weight excluding hydrogens is 122 g/mol. The van der Waals surface area contributed by atoms with Crippen LogP contribution in [0.4, 0.5) is 0 Å². The van der Waals surface area contributed by atoms with Gasteiger partial charge in [0.25, 0.3) is 0 Å². The lowest BCUT2D eigenvalue weighted by Crippen LogP contribution is -1.93. The Kier molecular flexibility index (Phi) is 2.05. The number of hydrogen-bond donors (Lipinski definition) is 0. The highest BCUT2D eigenvalue weighted by atomic mass is 14.7. The largest absolute Gasteiger partial charge is 0.251 e. The minimum Gasteiger partial charge on any atom is -0.251 e. The lowest BCUT2D eigenvalue weighted by molar-refractivity contribution is 1.02. The van der Waals surface area contributed by atoms with Crippen molar-refractivity contribution in [2.24, 2.45) is 0 Å². The van der Waals surface area contributed by atoms with Crippen molar-refractivity contribution in [3.63, 3.8) is 0 Å². The first kappa shape index (κ1) is 7.26. The Bertz CT molecular complexity index is 208. The fraction of sp³-hybridized carbons (Fsp3) is 0.444. The van der Waals surface area contributed by atoms with E-state index >= 15 is 0 Å². The summed E-state index contributed by atoms with van der Waals surface area (Å²) in [5, 5.41) is 0. The maximum absolute atomic E-state index is 4.09. The highest BCUT2D eigenvalue weighted by Gasteiger charge is 1.98. The number of aromatic nitrogens is 1. The van der Waals surface area contributed by atoms with Crippen LogP contribution in [0.1, 0.15) is 23.7 Å².